The van der Waals surface area contributed by atoms with Gasteiger partial charge in [-0.3, -0.25) is 4.55 Å². The van der Waals surface area contributed by atoms with Crippen LogP contribution >= 0.6 is 0 Å². The molecule has 0 unspecified atom stereocenters. The number of benzene rings is 2. The molecule has 2 aromatic carbocycles. The predicted molar refractivity (Wildman–Crippen MR) is 59.8 cm³/mol. The zero-order valence-corrected chi connectivity index (χ0v) is 8.90. The van der Waals surface area contributed by atoms with Crippen LogP contribution in [-0.2, 0) is 10.1 Å². The topological polar surface area (TPSA) is 101 Å². The lowest BCUT2D eigenvalue weighted by molar-refractivity contribution is 0.480. The Bertz CT molecular complexity index is 664. The van der Waals surface area contributed by atoms with Crippen molar-refractivity contribution in [3.05, 3.63) is 30.3 Å². The smallest absolute Gasteiger partial charge is 0.294 e. The summed E-state index contributed by atoms with van der Waals surface area (Å²) in [6, 6.07) is 6.76. The Labute approximate surface area is 91.9 Å². The maximum absolute atomic E-state index is 10.9. The minimum atomic E-state index is -4.24. The first-order chi connectivity index (χ1) is 7.38. The Kier molecular flexibility index (Phi) is 2.25. The Balaban J connectivity index is 2.81. The predicted octanol–water partition coefficient (Wildman–Crippen LogP) is 1.37. The monoisotopic (exact) mass is 239 g/mol. The van der Waals surface area contributed by atoms with Gasteiger partial charge in [0.25, 0.3) is 10.1 Å². The summed E-state index contributed by atoms with van der Waals surface area (Å²) < 4.78 is 30.7. The minimum Gasteiger partial charge on any atom is -0.507 e. The van der Waals surface area contributed by atoms with Crippen molar-refractivity contribution in [1.82, 2.24) is 0 Å². The molecule has 84 valence electrons. The van der Waals surface area contributed by atoms with E-state index in [1.165, 1.54) is 30.3 Å². The van der Waals surface area contributed by atoms with Gasteiger partial charge in [0.15, 0.2) is 0 Å². The van der Waals surface area contributed by atoms with Gasteiger partial charge in [0, 0.05) is 17.1 Å². The Morgan fingerprint density at radius 3 is 2.44 bits per heavy atom. The number of phenolic OH excluding ortho intramolecular Hbond substituents is 1. The molecule has 0 aliphatic rings. The highest BCUT2D eigenvalue weighted by Gasteiger charge is 2.11. The van der Waals surface area contributed by atoms with Crippen molar-refractivity contribution in [2.75, 3.05) is 5.73 Å². The lowest BCUT2D eigenvalue weighted by Crippen LogP contribution is -1.97. The first kappa shape index (κ1) is 10.7. The number of phenols is 1. The normalized spacial score (nSPS) is 11.8. The molecule has 4 N–H and O–H groups in total. The minimum absolute atomic E-state index is 0.0307. The third-order valence-electron chi connectivity index (χ3n) is 2.22. The second-order valence-corrected chi connectivity index (χ2v) is 4.82. The van der Waals surface area contributed by atoms with Crippen LogP contribution in [-0.4, -0.2) is 18.1 Å². The highest BCUT2D eigenvalue weighted by Crippen LogP contribution is 2.29. The number of nitrogen functional groups attached to an aromatic ring is 1. The number of rotatable bonds is 1. The second-order valence-electron chi connectivity index (χ2n) is 3.40. The molecule has 0 atom stereocenters. The maximum Gasteiger partial charge on any atom is 0.294 e. The molecule has 5 nitrogen and oxygen atoms in total. The summed E-state index contributed by atoms with van der Waals surface area (Å²) in [5.41, 5.74) is 5.83. The molecule has 0 spiro atoms. The van der Waals surface area contributed by atoms with E-state index in [2.05, 4.69) is 0 Å². The highest BCUT2D eigenvalue weighted by molar-refractivity contribution is 7.85. The van der Waals surface area contributed by atoms with Crippen LogP contribution in [0.15, 0.2) is 35.2 Å². The molecule has 0 radical (unpaired) electrons. The zero-order chi connectivity index (χ0) is 11.9. The fourth-order valence-corrected chi connectivity index (χ4v) is 2.03. The third-order valence-corrected chi connectivity index (χ3v) is 3.07. The van der Waals surface area contributed by atoms with Crippen molar-refractivity contribution in [1.29, 1.82) is 0 Å². The van der Waals surface area contributed by atoms with Gasteiger partial charge in [0.2, 0.25) is 0 Å². The van der Waals surface area contributed by atoms with Crippen molar-refractivity contribution in [3.63, 3.8) is 0 Å². The van der Waals surface area contributed by atoms with E-state index in [4.69, 9.17) is 10.3 Å². The molecule has 0 bridgehead atoms. The van der Waals surface area contributed by atoms with Crippen LogP contribution in [0, 0.1) is 0 Å². The van der Waals surface area contributed by atoms with Crippen molar-refractivity contribution in [2.24, 2.45) is 0 Å². The van der Waals surface area contributed by atoms with Gasteiger partial charge < -0.3 is 10.8 Å². The van der Waals surface area contributed by atoms with Gasteiger partial charge in [-0.25, -0.2) is 0 Å². The molecule has 2 rings (SSSR count). The molecular weight excluding hydrogens is 230 g/mol. The molecule has 0 aliphatic heterocycles. The average Bonchev–Trinajstić information content (AvgIpc) is 2.15. The molecule has 0 amide bonds. The van der Waals surface area contributed by atoms with Crippen molar-refractivity contribution < 1.29 is 18.1 Å². The van der Waals surface area contributed by atoms with Crippen LogP contribution in [0.2, 0.25) is 0 Å². The number of anilines is 1. The first-order valence-electron chi connectivity index (χ1n) is 4.38. The molecule has 6 heteroatoms. The number of hydrogen-bond acceptors (Lipinski definition) is 4. The van der Waals surface area contributed by atoms with E-state index in [1.807, 2.05) is 0 Å². The lowest BCUT2D eigenvalue weighted by atomic mass is 10.1. The van der Waals surface area contributed by atoms with Gasteiger partial charge in [-0.05, 0) is 29.7 Å². The van der Waals surface area contributed by atoms with Crippen LogP contribution < -0.4 is 5.73 Å². The average molecular weight is 239 g/mol. The van der Waals surface area contributed by atoms with Gasteiger partial charge in [-0.15, -0.1) is 0 Å². The van der Waals surface area contributed by atoms with E-state index in [0.29, 0.717) is 16.5 Å². The SMILES string of the molecule is Nc1cc(O)c2ccc(S(=O)(=O)O)cc2c1. The molecule has 0 aliphatic carbocycles. The number of aromatic hydroxyl groups is 1. The first-order valence-corrected chi connectivity index (χ1v) is 5.82. The van der Waals surface area contributed by atoms with E-state index in [9.17, 15) is 13.5 Å². The summed E-state index contributed by atoms with van der Waals surface area (Å²) in [5, 5.41) is 10.5. The Morgan fingerprint density at radius 1 is 1.12 bits per heavy atom. The van der Waals surface area contributed by atoms with Crippen LogP contribution in [0.3, 0.4) is 0 Å². The Hall–Kier alpha value is -1.79. The summed E-state index contributed by atoms with van der Waals surface area (Å²) >= 11 is 0. The summed E-state index contributed by atoms with van der Waals surface area (Å²) in [7, 11) is -4.24. The van der Waals surface area contributed by atoms with Crippen LogP contribution in [0.4, 0.5) is 5.69 Å². The molecule has 0 saturated heterocycles. The van der Waals surface area contributed by atoms with E-state index >= 15 is 0 Å². The second kappa shape index (κ2) is 3.36. The van der Waals surface area contributed by atoms with E-state index in [1.54, 1.807) is 0 Å². The molecular formula is C10H9NO4S. The van der Waals surface area contributed by atoms with Crippen LogP contribution in [0.25, 0.3) is 10.8 Å². The van der Waals surface area contributed by atoms with E-state index in [0.717, 1.165) is 0 Å². The molecule has 2 aromatic rings. The summed E-state index contributed by atoms with van der Waals surface area (Å²) in [4.78, 5) is -0.231. The number of fused-ring (bicyclic) bond motifs is 1. The highest BCUT2D eigenvalue weighted by atomic mass is 32.2. The fraction of sp³-hybridized carbons (Fsp3) is 0. The summed E-state index contributed by atoms with van der Waals surface area (Å²) in [5.74, 6) is -0.0307. The fourth-order valence-electron chi connectivity index (χ4n) is 1.51. The van der Waals surface area contributed by atoms with Crippen LogP contribution in [0.1, 0.15) is 0 Å². The van der Waals surface area contributed by atoms with Crippen molar-refractivity contribution >= 4 is 26.6 Å². The standard InChI is InChI=1S/C10H9NO4S/c11-7-3-6-4-8(16(13,14)15)1-2-9(6)10(12)5-7/h1-5,12H,11H2,(H,13,14,15). The number of hydrogen-bond donors (Lipinski definition) is 3. The number of nitrogens with two attached hydrogens (primary N) is 1. The van der Waals surface area contributed by atoms with Gasteiger partial charge in [-0.2, -0.15) is 8.42 Å². The van der Waals surface area contributed by atoms with Crippen molar-refractivity contribution in [3.8, 4) is 5.75 Å². The summed E-state index contributed by atoms with van der Waals surface area (Å²) in [6.45, 7) is 0. The van der Waals surface area contributed by atoms with Gasteiger partial charge in [0.05, 0.1) is 4.90 Å². The molecule has 0 aromatic heterocycles. The zero-order valence-electron chi connectivity index (χ0n) is 8.08. The van der Waals surface area contributed by atoms with Gasteiger partial charge in [0.1, 0.15) is 5.75 Å². The molecule has 16 heavy (non-hydrogen) atoms. The van der Waals surface area contributed by atoms with Gasteiger partial charge >= 0.3 is 0 Å². The molecule has 0 saturated carbocycles. The Morgan fingerprint density at radius 2 is 1.81 bits per heavy atom. The van der Waals surface area contributed by atoms with Gasteiger partial charge in [-0.1, -0.05) is 0 Å². The lowest BCUT2D eigenvalue weighted by Gasteiger charge is -2.04. The van der Waals surface area contributed by atoms with E-state index in [-0.39, 0.29) is 10.6 Å². The largest absolute Gasteiger partial charge is 0.507 e. The van der Waals surface area contributed by atoms with E-state index < -0.39 is 10.1 Å². The van der Waals surface area contributed by atoms with Crippen LogP contribution in [0.5, 0.6) is 5.75 Å². The molecule has 0 heterocycles. The summed E-state index contributed by atoms with van der Waals surface area (Å²) in [6.07, 6.45) is 0. The quantitative estimate of drug-likeness (QED) is 0.515. The maximum atomic E-state index is 10.9. The molecule has 0 fully saturated rings. The third kappa shape index (κ3) is 1.80. The van der Waals surface area contributed by atoms with Crippen molar-refractivity contribution in [2.45, 2.75) is 4.90 Å².